The van der Waals surface area contributed by atoms with Crippen LogP contribution in [-0.2, 0) is 6.54 Å². The predicted octanol–water partition coefficient (Wildman–Crippen LogP) is 1.98. The molecule has 3 N–H and O–H groups in total. The quantitative estimate of drug-likeness (QED) is 0.773. The number of benzene rings is 1. The van der Waals surface area contributed by atoms with E-state index < -0.39 is 6.43 Å². The summed E-state index contributed by atoms with van der Waals surface area (Å²) < 4.78 is 24.6. The Hall–Kier alpha value is -0.910. The number of halogens is 3. The fourth-order valence-corrected chi connectivity index (χ4v) is 1.64. The number of nitrogens with two attached hydrogens (primary N) is 1. The maximum atomic E-state index is 12.3. The molecule has 1 rings (SSSR count). The summed E-state index contributed by atoms with van der Waals surface area (Å²) in [5.41, 5.74) is 6.84. The Morgan fingerprint density at radius 1 is 1.41 bits per heavy atom. The predicted molar refractivity (Wildman–Crippen MR) is 64.2 cm³/mol. The number of nitrogens with zero attached hydrogens (tertiary/aromatic N) is 1. The summed E-state index contributed by atoms with van der Waals surface area (Å²) in [7, 11) is 0. The van der Waals surface area contributed by atoms with Crippen molar-refractivity contribution in [2.24, 2.45) is 0 Å². The van der Waals surface area contributed by atoms with Gasteiger partial charge in [0.25, 0.3) is 6.43 Å². The molecule has 0 aliphatic carbocycles. The molecule has 0 fully saturated rings. The number of rotatable bonds is 6. The molecule has 0 aliphatic heterocycles. The van der Waals surface area contributed by atoms with Crippen LogP contribution in [-0.4, -0.2) is 36.1 Å². The minimum absolute atomic E-state index is 0.157. The summed E-state index contributed by atoms with van der Waals surface area (Å²) in [6, 6.07) is 5.01. The highest BCUT2D eigenvalue weighted by molar-refractivity contribution is 6.33. The van der Waals surface area contributed by atoms with Gasteiger partial charge in [0.1, 0.15) is 0 Å². The Labute approximate surface area is 104 Å². The zero-order chi connectivity index (χ0) is 12.8. The van der Waals surface area contributed by atoms with Crippen molar-refractivity contribution in [3.05, 3.63) is 28.8 Å². The van der Waals surface area contributed by atoms with Gasteiger partial charge in [-0.15, -0.1) is 0 Å². The van der Waals surface area contributed by atoms with Crippen LogP contribution >= 0.6 is 11.6 Å². The van der Waals surface area contributed by atoms with Crippen molar-refractivity contribution in [2.75, 3.05) is 25.4 Å². The molecular weight excluding hydrogens is 250 g/mol. The molecule has 0 amide bonds. The summed E-state index contributed by atoms with van der Waals surface area (Å²) >= 11 is 5.76. The normalized spacial score (nSPS) is 11.4. The van der Waals surface area contributed by atoms with Gasteiger partial charge in [-0.2, -0.15) is 0 Å². The molecule has 0 saturated carbocycles. The minimum Gasteiger partial charge on any atom is -0.398 e. The van der Waals surface area contributed by atoms with Crippen LogP contribution < -0.4 is 5.73 Å². The van der Waals surface area contributed by atoms with Crippen molar-refractivity contribution in [3.8, 4) is 0 Å². The van der Waals surface area contributed by atoms with Crippen LogP contribution in [0.4, 0.5) is 14.5 Å². The second-order valence-corrected chi connectivity index (χ2v) is 4.11. The molecule has 1 aromatic carbocycles. The molecular formula is C11H15ClF2N2O. The molecule has 0 spiro atoms. The standard InChI is InChI=1S/C11H15ClF2N2O/c12-9-2-1-8(5-10(9)15)6-16(3-4-17)7-11(13)14/h1-2,5,11,17H,3-4,6-7,15H2. The molecule has 0 radical (unpaired) electrons. The summed E-state index contributed by atoms with van der Waals surface area (Å²) in [5.74, 6) is 0. The second-order valence-electron chi connectivity index (χ2n) is 3.71. The molecule has 3 nitrogen and oxygen atoms in total. The molecule has 96 valence electrons. The minimum atomic E-state index is -2.42. The fourth-order valence-electron chi connectivity index (χ4n) is 1.52. The van der Waals surface area contributed by atoms with E-state index in [-0.39, 0.29) is 19.7 Å². The summed E-state index contributed by atoms with van der Waals surface area (Å²) in [4.78, 5) is 1.47. The summed E-state index contributed by atoms with van der Waals surface area (Å²) in [6.07, 6.45) is -2.42. The highest BCUT2D eigenvalue weighted by atomic mass is 35.5. The lowest BCUT2D eigenvalue weighted by molar-refractivity contribution is 0.0747. The van der Waals surface area contributed by atoms with E-state index in [4.69, 9.17) is 22.4 Å². The first kappa shape index (κ1) is 14.2. The van der Waals surface area contributed by atoms with Crippen LogP contribution in [0.3, 0.4) is 0 Å². The molecule has 0 bridgehead atoms. The van der Waals surface area contributed by atoms with Crippen LogP contribution in [0.15, 0.2) is 18.2 Å². The van der Waals surface area contributed by atoms with Gasteiger partial charge in [0, 0.05) is 13.1 Å². The van der Waals surface area contributed by atoms with Crippen LogP contribution in [0.2, 0.25) is 5.02 Å². The van der Waals surface area contributed by atoms with Crippen molar-refractivity contribution in [1.29, 1.82) is 0 Å². The Balaban J connectivity index is 2.67. The molecule has 0 heterocycles. The zero-order valence-electron chi connectivity index (χ0n) is 9.24. The van der Waals surface area contributed by atoms with E-state index in [2.05, 4.69) is 0 Å². The summed E-state index contributed by atoms with van der Waals surface area (Å²) in [5, 5.41) is 9.23. The SMILES string of the molecule is Nc1cc(CN(CCO)CC(F)F)ccc1Cl. The third kappa shape index (κ3) is 4.85. The van der Waals surface area contributed by atoms with Gasteiger partial charge in [-0.25, -0.2) is 8.78 Å². The maximum absolute atomic E-state index is 12.3. The monoisotopic (exact) mass is 264 g/mol. The van der Waals surface area contributed by atoms with Gasteiger partial charge in [0.05, 0.1) is 23.9 Å². The van der Waals surface area contributed by atoms with Crippen molar-refractivity contribution < 1.29 is 13.9 Å². The van der Waals surface area contributed by atoms with Gasteiger partial charge < -0.3 is 10.8 Å². The Bertz CT molecular complexity index is 363. The van der Waals surface area contributed by atoms with Gasteiger partial charge in [0.15, 0.2) is 0 Å². The zero-order valence-corrected chi connectivity index (χ0v) is 10.00. The van der Waals surface area contributed by atoms with Gasteiger partial charge in [-0.3, -0.25) is 4.90 Å². The van der Waals surface area contributed by atoms with Gasteiger partial charge >= 0.3 is 0 Å². The topological polar surface area (TPSA) is 49.5 Å². The van der Waals surface area contributed by atoms with Crippen molar-refractivity contribution in [1.82, 2.24) is 4.90 Å². The fraction of sp³-hybridized carbons (Fsp3) is 0.455. The van der Waals surface area contributed by atoms with Crippen LogP contribution in [0.5, 0.6) is 0 Å². The molecule has 0 aliphatic rings. The third-order valence-electron chi connectivity index (χ3n) is 2.28. The number of aliphatic hydroxyl groups excluding tert-OH is 1. The maximum Gasteiger partial charge on any atom is 0.251 e. The molecule has 0 saturated heterocycles. The van der Waals surface area contributed by atoms with Crippen LogP contribution in [0.1, 0.15) is 5.56 Å². The molecule has 0 unspecified atom stereocenters. The summed E-state index contributed by atoms with van der Waals surface area (Å²) in [6.45, 7) is -0.0159. The Morgan fingerprint density at radius 3 is 2.65 bits per heavy atom. The number of anilines is 1. The van der Waals surface area contributed by atoms with E-state index in [9.17, 15) is 8.78 Å². The smallest absolute Gasteiger partial charge is 0.251 e. The first-order valence-corrected chi connectivity index (χ1v) is 5.56. The van der Waals surface area contributed by atoms with Gasteiger partial charge in [0.2, 0.25) is 0 Å². The number of hydrogen-bond donors (Lipinski definition) is 2. The molecule has 0 aromatic heterocycles. The number of aliphatic hydroxyl groups is 1. The lowest BCUT2D eigenvalue weighted by atomic mass is 10.2. The highest BCUT2D eigenvalue weighted by Crippen LogP contribution is 2.20. The molecule has 6 heteroatoms. The number of alkyl halides is 2. The van der Waals surface area contributed by atoms with Crippen molar-refractivity contribution in [2.45, 2.75) is 13.0 Å². The molecule has 1 aromatic rings. The van der Waals surface area contributed by atoms with Crippen LogP contribution in [0, 0.1) is 0 Å². The van der Waals surface area contributed by atoms with E-state index in [0.717, 1.165) is 5.56 Å². The van der Waals surface area contributed by atoms with Gasteiger partial charge in [-0.1, -0.05) is 17.7 Å². The van der Waals surface area contributed by atoms with Crippen molar-refractivity contribution in [3.63, 3.8) is 0 Å². The first-order chi connectivity index (χ1) is 8.02. The average Bonchev–Trinajstić information content (AvgIpc) is 2.23. The largest absolute Gasteiger partial charge is 0.398 e. The van der Waals surface area contributed by atoms with Gasteiger partial charge in [-0.05, 0) is 17.7 Å². The second kappa shape index (κ2) is 6.74. The molecule has 0 atom stereocenters. The van der Waals surface area contributed by atoms with E-state index in [1.165, 1.54) is 4.90 Å². The highest BCUT2D eigenvalue weighted by Gasteiger charge is 2.12. The lowest BCUT2D eigenvalue weighted by Crippen LogP contribution is -2.31. The van der Waals surface area contributed by atoms with Crippen molar-refractivity contribution >= 4 is 17.3 Å². The average molecular weight is 265 g/mol. The number of hydrogen-bond acceptors (Lipinski definition) is 3. The Morgan fingerprint density at radius 2 is 2.12 bits per heavy atom. The van der Waals surface area contributed by atoms with E-state index in [1.807, 2.05) is 0 Å². The van der Waals surface area contributed by atoms with E-state index in [0.29, 0.717) is 17.3 Å². The lowest BCUT2D eigenvalue weighted by Gasteiger charge is -2.21. The van der Waals surface area contributed by atoms with Crippen LogP contribution in [0.25, 0.3) is 0 Å². The first-order valence-electron chi connectivity index (χ1n) is 5.18. The molecule has 17 heavy (non-hydrogen) atoms. The number of nitrogen functional groups attached to an aromatic ring is 1. The van der Waals surface area contributed by atoms with E-state index in [1.54, 1.807) is 18.2 Å². The third-order valence-corrected chi connectivity index (χ3v) is 2.62. The van der Waals surface area contributed by atoms with E-state index >= 15 is 0 Å². The Kier molecular flexibility index (Phi) is 5.61.